The first-order valence-electron chi connectivity index (χ1n) is 7.37. The molecule has 3 aromatic rings. The number of para-hydroxylation sites is 1. The second-order valence-corrected chi connectivity index (χ2v) is 5.12. The smallest absolute Gasteiger partial charge is 0.262 e. The molecule has 0 saturated carbocycles. The van der Waals surface area contributed by atoms with E-state index in [9.17, 15) is 4.79 Å². The van der Waals surface area contributed by atoms with Gasteiger partial charge in [0.1, 0.15) is 17.1 Å². The van der Waals surface area contributed by atoms with E-state index in [-0.39, 0.29) is 5.91 Å². The number of anilines is 1. The minimum Gasteiger partial charge on any atom is -0.479 e. The van der Waals surface area contributed by atoms with Crippen LogP contribution in [0, 0.1) is 0 Å². The van der Waals surface area contributed by atoms with Gasteiger partial charge in [0.2, 0.25) is 5.88 Å². The average molecular weight is 323 g/mol. The number of carbonyl (C=O) groups excluding carboxylic acids is 1. The maximum atomic E-state index is 12.3. The number of hydrogen-bond donors (Lipinski definition) is 1. The molecule has 0 saturated heterocycles. The van der Waals surface area contributed by atoms with Crippen molar-refractivity contribution >= 4 is 11.6 Å². The van der Waals surface area contributed by atoms with Crippen molar-refractivity contribution in [1.29, 1.82) is 0 Å². The number of amides is 1. The number of aryl methyl sites for hydroxylation is 1. The van der Waals surface area contributed by atoms with Crippen LogP contribution >= 0.6 is 0 Å². The summed E-state index contributed by atoms with van der Waals surface area (Å²) in [6.07, 6.45) is 1.61. The predicted molar refractivity (Wildman–Crippen MR) is 90.7 cm³/mol. The number of nitrogens with zero attached hydrogens (tertiary/aromatic N) is 2. The second kappa shape index (κ2) is 6.87. The van der Waals surface area contributed by atoms with Gasteiger partial charge in [0.25, 0.3) is 5.91 Å². The first kappa shape index (κ1) is 15.6. The van der Waals surface area contributed by atoms with Gasteiger partial charge in [-0.2, -0.15) is 0 Å². The number of methoxy groups -OCH3 is 1. The third-order valence-corrected chi connectivity index (χ3v) is 3.32. The minimum atomic E-state index is -0.281. The van der Waals surface area contributed by atoms with E-state index in [1.807, 2.05) is 30.3 Å². The summed E-state index contributed by atoms with van der Waals surface area (Å²) in [6.45, 7) is 0. The molecule has 0 atom stereocenters. The molecule has 0 aliphatic heterocycles. The molecule has 122 valence electrons. The first-order valence-corrected chi connectivity index (χ1v) is 7.37. The molecular weight excluding hydrogens is 306 g/mol. The van der Waals surface area contributed by atoms with Gasteiger partial charge in [-0.15, -0.1) is 5.10 Å². The molecule has 0 radical (unpaired) electrons. The summed E-state index contributed by atoms with van der Waals surface area (Å²) in [5.74, 6) is 1.46. The summed E-state index contributed by atoms with van der Waals surface area (Å²) in [6, 6.07) is 16.6. The number of nitrogens with one attached hydrogen (secondary N) is 1. The van der Waals surface area contributed by atoms with Crippen LogP contribution in [0.3, 0.4) is 0 Å². The molecule has 0 bridgehead atoms. The quantitative estimate of drug-likeness (QED) is 0.781. The zero-order chi connectivity index (χ0) is 16.9. The Morgan fingerprint density at radius 3 is 2.38 bits per heavy atom. The Morgan fingerprint density at radius 1 is 1.04 bits per heavy atom. The number of ether oxygens (including phenoxy) is 2. The largest absolute Gasteiger partial charge is 0.479 e. The summed E-state index contributed by atoms with van der Waals surface area (Å²) in [7, 11) is 3.21. The molecule has 1 heterocycles. The predicted octanol–water partition coefficient (Wildman–Crippen LogP) is 3.47. The van der Waals surface area contributed by atoms with Crippen molar-refractivity contribution in [2.45, 2.75) is 0 Å². The minimum absolute atomic E-state index is 0.281. The third-order valence-electron chi connectivity index (χ3n) is 3.32. The Labute approximate surface area is 139 Å². The van der Waals surface area contributed by atoms with E-state index in [1.54, 1.807) is 37.5 Å². The molecule has 1 N–H and O–H groups in total. The van der Waals surface area contributed by atoms with Crippen molar-refractivity contribution < 1.29 is 14.3 Å². The topological polar surface area (TPSA) is 65.4 Å². The summed E-state index contributed by atoms with van der Waals surface area (Å²) in [4.78, 5) is 12.3. The van der Waals surface area contributed by atoms with E-state index < -0.39 is 0 Å². The van der Waals surface area contributed by atoms with Gasteiger partial charge in [-0.25, -0.2) is 0 Å². The number of rotatable bonds is 5. The summed E-state index contributed by atoms with van der Waals surface area (Å²) in [5.41, 5.74) is 1.04. The lowest BCUT2D eigenvalue weighted by Gasteiger charge is -2.08. The lowest BCUT2D eigenvalue weighted by atomic mass is 10.2. The van der Waals surface area contributed by atoms with Crippen LogP contribution in [0.5, 0.6) is 17.4 Å². The molecule has 0 unspecified atom stereocenters. The number of hydrogen-bond acceptors (Lipinski definition) is 4. The van der Waals surface area contributed by atoms with Crippen LogP contribution in [0.25, 0.3) is 0 Å². The average Bonchev–Trinajstić information content (AvgIpc) is 2.99. The molecule has 0 fully saturated rings. The zero-order valence-electron chi connectivity index (χ0n) is 13.4. The van der Waals surface area contributed by atoms with Gasteiger partial charge in [0, 0.05) is 18.9 Å². The molecule has 3 rings (SSSR count). The zero-order valence-corrected chi connectivity index (χ0v) is 13.4. The SMILES string of the molecule is COc1nn(C)cc1C(=O)Nc1ccc(Oc2ccccc2)cc1. The second-order valence-electron chi connectivity index (χ2n) is 5.12. The molecule has 6 heteroatoms. The standard InChI is InChI=1S/C18H17N3O3/c1-21-12-16(18(20-21)23-2)17(22)19-13-8-10-15(11-9-13)24-14-6-4-3-5-7-14/h3-12H,1-2H3,(H,19,22). The third kappa shape index (κ3) is 3.55. The van der Waals surface area contributed by atoms with E-state index in [1.165, 1.54) is 11.8 Å². The molecule has 0 aliphatic rings. The van der Waals surface area contributed by atoms with Gasteiger partial charge in [0.15, 0.2) is 0 Å². The Balaban J connectivity index is 1.68. The van der Waals surface area contributed by atoms with E-state index in [4.69, 9.17) is 9.47 Å². The number of carbonyl (C=O) groups is 1. The van der Waals surface area contributed by atoms with Gasteiger partial charge >= 0.3 is 0 Å². The Hall–Kier alpha value is -3.28. The molecule has 0 spiro atoms. The molecule has 6 nitrogen and oxygen atoms in total. The Bertz CT molecular complexity index is 826. The van der Waals surface area contributed by atoms with Crippen LogP contribution in [0.15, 0.2) is 60.8 Å². The van der Waals surface area contributed by atoms with Gasteiger partial charge in [-0.05, 0) is 36.4 Å². The van der Waals surface area contributed by atoms with Crippen LogP contribution in [-0.2, 0) is 7.05 Å². The molecule has 1 amide bonds. The maximum Gasteiger partial charge on any atom is 0.262 e. The normalized spacial score (nSPS) is 10.2. The Kier molecular flexibility index (Phi) is 4.47. The number of aromatic nitrogens is 2. The fourth-order valence-corrected chi connectivity index (χ4v) is 2.20. The summed E-state index contributed by atoms with van der Waals surface area (Å²) < 4.78 is 12.3. The van der Waals surface area contributed by atoms with Crippen LogP contribution in [-0.4, -0.2) is 22.8 Å². The fraction of sp³-hybridized carbons (Fsp3) is 0.111. The highest BCUT2D eigenvalue weighted by Gasteiger charge is 2.16. The van der Waals surface area contributed by atoms with Crippen LogP contribution < -0.4 is 14.8 Å². The molecular formula is C18H17N3O3. The van der Waals surface area contributed by atoms with Crippen LogP contribution in [0.1, 0.15) is 10.4 Å². The van der Waals surface area contributed by atoms with Gasteiger partial charge < -0.3 is 14.8 Å². The number of benzene rings is 2. The van der Waals surface area contributed by atoms with Crippen molar-refractivity contribution in [1.82, 2.24) is 9.78 Å². The van der Waals surface area contributed by atoms with E-state index in [0.717, 1.165) is 5.75 Å². The monoisotopic (exact) mass is 323 g/mol. The fourth-order valence-electron chi connectivity index (χ4n) is 2.20. The van der Waals surface area contributed by atoms with E-state index >= 15 is 0 Å². The highest BCUT2D eigenvalue weighted by atomic mass is 16.5. The van der Waals surface area contributed by atoms with Crippen molar-refractivity contribution in [3.63, 3.8) is 0 Å². The van der Waals surface area contributed by atoms with Crippen molar-refractivity contribution in [3.05, 3.63) is 66.4 Å². The molecule has 24 heavy (non-hydrogen) atoms. The van der Waals surface area contributed by atoms with Crippen LogP contribution in [0.4, 0.5) is 5.69 Å². The lowest BCUT2D eigenvalue weighted by Crippen LogP contribution is -2.12. The summed E-state index contributed by atoms with van der Waals surface area (Å²) >= 11 is 0. The van der Waals surface area contributed by atoms with Crippen molar-refractivity contribution in [3.8, 4) is 17.4 Å². The van der Waals surface area contributed by atoms with E-state index in [2.05, 4.69) is 10.4 Å². The van der Waals surface area contributed by atoms with Gasteiger partial charge in [0.05, 0.1) is 7.11 Å². The van der Waals surface area contributed by atoms with Crippen molar-refractivity contribution in [2.75, 3.05) is 12.4 Å². The lowest BCUT2D eigenvalue weighted by molar-refractivity contribution is 0.102. The van der Waals surface area contributed by atoms with Gasteiger partial charge in [-0.3, -0.25) is 9.48 Å². The molecule has 0 aliphatic carbocycles. The maximum absolute atomic E-state index is 12.3. The molecule has 1 aromatic heterocycles. The Morgan fingerprint density at radius 2 is 1.71 bits per heavy atom. The first-order chi connectivity index (χ1) is 11.7. The van der Waals surface area contributed by atoms with Crippen LogP contribution in [0.2, 0.25) is 0 Å². The molecule has 2 aromatic carbocycles. The van der Waals surface area contributed by atoms with E-state index in [0.29, 0.717) is 22.9 Å². The van der Waals surface area contributed by atoms with Crippen molar-refractivity contribution in [2.24, 2.45) is 7.05 Å². The van der Waals surface area contributed by atoms with Gasteiger partial charge in [-0.1, -0.05) is 18.2 Å². The highest BCUT2D eigenvalue weighted by molar-refractivity contribution is 6.05. The highest BCUT2D eigenvalue weighted by Crippen LogP contribution is 2.23. The summed E-state index contributed by atoms with van der Waals surface area (Å²) in [5, 5.41) is 6.88.